The van der Waals surface area contributed by atoms with Crippen LogP contribution < -0.4 is 5.32 Å². The Kier molecular flexibility index (Phi) is 4.76. The first kappa shape index (κ1) is 15.0. The number of amides is 1. The molecular formula is C12H16ClNO3S. The number of rotatable bonds is 3. The van der Waals surface area contributed by atoms with Crippen molar-refractivity contribution in [2.45, 2.75) is 26.8 Å². The number of thiophene rings is 1. The Labute approximate surface area is 115 Å². The molecule has 0 saturated heterocycles. The molecule has 1 amide bonds. The smallest absolute Gasteiger partial charge is 0.328 e. The SMILES string of the molecule is COC(=O)[C@@H](NC(=O)c1ccc(Cl)s1)C(C)(C)C. The number of ether oxygens (including phenoxy) is 1. The van der Waals surface area contributed by atoms with Crippen molar-refractivity contribution in [2.75, 3.05) is 7.11 Å². The largest absolute Gasteiger partial charge is 0.467 e. The maximum Gasteiger partial charge on any atom is 0.328 e. The van der Waals surface area contributed by atoms with Crippen molar-refractivity contribution >= 4 is 34.8 Å². The first-order valence-corrected chi connectivity index (χ1v) is 6.59. The minimum absolute atomic E-state index is 0.322. The lowest BCUT2D eigenvalue weighted by molar-refractivity contribution is -0.145. The van der Waals surface area contributed by atoms with E-state index in [1.807, 2.05) is 20.8 Å². The summed E-state index contributed by atoms with van der Waals surface area (Å²) in [6, 6.07) is 2.57. The van der Waals surface area contributed by atoms with E-state index in [1.54, 1.807) is 12.1 Å². The van der Waals surface area contributed by atoms with Crippen LogP contribution in [0.2, 0.25) is 4.34 Å². The topological polar surface area (TPSA) is 55.4 Å². The van der Waals surface area contributed by atoms with Crippen molar-refractivity contribution in [2.24, 2.45) is 5.41 Å². The molecule has 1 heterocycles. The summed E-state index contributed by atoms with van der Waals surface area (Å²) in [5.41, 5.74) is -0.427. The third-order valence-corrected chi connectivity index (χ3v) is 3.61. The zero-order valence-electron chi connectivity index (χ0n) is 10.7. The van der Waals surface area contributed by atoms with E-state index in [9.17, 15) is 9.59 Å². The van der Waals surface area contributed by atoms with Gasteiger partial charge >= 0.3 is 5.97 Å². The minimum Gasteiger partial charge on any atom is -0.467 e. The fourth-order valence-corrected chi connectivity index (χ4v) is 2.33. The Morgan fingerprint density at radius 3 is 2.39 bits per heavy atom. The van der Waals surface area contributed by atoms with Crippen molar-refractivity contribution in [3.8, 4) is 0 Å². The van der Waals surface area contributed by atoms with Gasteiger partial charge in [-0.3, -0.25) is 4.79 Å². The second-order valence-corrected chi connectivity index (χ2v) is 6.61. The molecule has 0 radical (unpaired) electrons. The molecule has 0 fully saturated rings. The van der Waals surface area contributed by atoms with Crippen molar-refractivity contribution in [3.63, 3.8) is 0 Å². The molecule has 1 rings (SSSR count). The summed E-state index contributed by atoms with van der Waals surface area (Å²) >= 11 is 6.94. The number of hydrogen-bond donors (Lipinski definition) is 1. The van der Waals surface area contributed by atoms with Gasteiger partial charge in [-0.25, -0.2) is 4.79 Å². The lowest BCUT2D eigenvalue weighted by Gasteiger charge is -2.28. The van der Waals surface area contributed by atoms with Crippen LogP contribution in [0.3, 0.4) is 0 Å². The van der Waals surface area contributed by atoms with Crippen LogP contribution in [0.1, 0.15) is 30.4 Å². The molecule has 0 bridgehead atoms. The maximum absolute atomic E-state index is 12.0. The van der Waals surface area contributed by atoms with Crippen LogP contribution in [-0.4, -0.2) is 25.0 Å². The summed E-state index contributed by atoms with van der Waals surface area (Å²) in [4.78, 5) is 24.1. The number of hydrogen-bond acceptors (Lipinski definition) is 4. The van der Waals surface area contributed by atoms with Gasteiger partial charge in [0.05, 0.1) is 16.3 Å². The summed E-state index contributed by atoms with van der Waals surface area (Å²) in [5.74, 6) is -0.782. The van der Waals surface area contributed by atoms with E-state index in [0.717, 1.165) is 0 Å². The first-order valence-electron chi connectivity index (χ1n) is 5.39. The summed E-state index contributed by atoms with van der Waals surface area (Å²) in [5, 5.41) is 2.68. The molecule has 1 aromatic heterocycles. The predicted molar refractivity (Wildman–Crippen MR) is 72.1 cm³/mol. The third kappa shape index (κ3) is 3.71. The molecule has 0 aliphatic heterocycles. The highest BCUT2D eigenvalue weighted by atomic mass is 35.5. The summed E-state index contributed by atoms with van der Waals surface area (Å²) in [6.45, 7) is 5.57. The molecule has 0 aliphatic carbocycles. The molecule has 18 heavy (non-hydrogen) atoms. The van der Waals surface area contributed by atoms with E-state index in [0.29, 0.717) is 9.21 Å². The third-order valence-electron chi connectivity index (χ3n) is 2.38. The van der Waals surface area contributed by atoms with Gasteiger partial charge in [0, 0.05) is 0 Å². The van der Waals surface area contributed by atoms with Crippen molar-refractivity contribution < 1.29 is 14.3 Å². The molecule has 4 nitrogen and oxygen atoms in total. The number of esters is 1. The zero-order valence-corrected chi connectivity index (χ0v) is 12.3. The number of carbonyl (C=O) groups is 2. The van der Waals surface area contributed by atoms with Gasteiger partial charge in [-0.05, 0) is 17.5 Å². The predicted octanol–water partition coefficient (Wildman–Crippen LogP) is 2.72. The quantitative estimate of drug-likeness (QED) is 0.871. The second-order valence-electron chi connectivity index (χ2n) is 4.90. The number of nitrogens with one attached hydrogen (secondary N) is 1. The van der Waals surface area contributed by atoms with E-state index in [4.69, 9.17) is 16.3 Å². The molecule has 100 valence electrons. The Morgan fingerprint density at radius 2 is 2.00 bits per heavy atom. The fourth-order valence-electron chi connectivity index (χ4n) is 1.39. The van der Waals surface area contributed by atoms with Crippen LogP contribution in [0.25, 0.3) is 0 Å². The molecular weight excluding hydrogens is 274 g/mol. The molecule has 0 unspecified atom stereocenters. The number of carbonyl (C=O) groups excluding carboxylic acids is 2. The first-order chi connectivity index (χ1) is 8.25. The Balaban J connectivity index is 2.85. The van der Waals surface area contributed by atoms with E-state index in [-0.39, 0.29) is 5.91 Å². The van der Waals surface area contributed by atoms with Gasteiger partial charge in [-0.1, -0.05) is 32.4 Å². The highest BCUT2D eigenvalue weighted by Gasteiger charge is 2.34. The van der Waals surface area contributed by atoms with Gasteiger partial charge in [0.15, 0.2) is 0 Å². The lowest BCUT2D eigenvalue weighted by Crippen LogP contribution is -2.49. The van der Waals surface area contributed by atoms with Crippen LogP contribution in [0.15, 0.2) is 12.1 Å². The molecule has 0 aromatic carbocycles. The molecule has 0 saturated carbocycles. The molecule has 0 spiro atoms. The normalized spacial score (nSPS) is 12.9. The monoisotopic (exact) mass is 289 g/mol. The summed E-state index contributed by atoms with van der Waals surface area (Å²) in [7, 11) is 1.30. The number of methoxy groups -OCH3 is 1. The van der Waals surface area contributed by atoms with Gasteiger partial charge in [0.1, 0.15) is 6.04 Å². The summed E-state index contributed by atoms with van der Waals surface area (Å²) in [6.07, 6.45) is 0. The van der Waals surface area contributed by atoms with Crippen LogP contribution >= 0.6 is 22.9 Å². The maximum atomic E-state index is 12.0. The molecule has 1 aromatic rings. The van der Waals surface area contributed by atoms with Crippen LogP contribution in [0, 0.1) is 5.41 Å². The molecule has 6 heteroatoms. The van der Waals surface area contributed by atoms with Crippen LogP contribution in [0.5, 0.6) is 0 Å². The second kappa shape index (κ2) is 5.71. The Bertz CT molecular complexity index is 450. The van der Waals surface area contributed by atoms with E-state index < -0.39 is 17.4 Å². The average molecular weight is 290 g/mol. The molecule has 1 N–H and O–H groups in total. The van der Waals surface area contributed by atoms with Gasteiger partial charge < -0.3 is 10.1 Å². The number of halogens is 1. The van der Waals surface area contributed by atoms with Crippen molar-refractivity contribution in [1.29, 1.82) is 0 Å². The minimum atomic E-state index is -0.698. The molecule has 1 atom stereocenters. The van der Waals surface area contributed by atoms with Gasteiger partial charge in [0.25, 0.3) is 5.91 Å². The fraction of sp³-hybridized carbons (Fsp3) is 0.500. The Morgan fingerprint density at radius 1 is 1.39 bits per heavy atom. The van der Waals surface area contributed by atoms with Crippen molar-refractivity contribution in [3.05, 3.63) is 21.3 Å². The molecule has 0 aliphatic rings. The van der Waals surface area contributed by atoms with E-state index in [1.165, 1.54) is 18.4 Å². The standard InChI is InChI=1S/C12H16ClNO3S/c1-12(2,3)9(11(16)17-4)14-10(15)7-5-6-8(13)18-7/h5-6,9H,1-4H3,(H,14,15)/t9-/m1/s1. The van der Waals surface area contributed by atoms with Gasteiger partial charge in [-0.2, -0.15) is 0 Å². The van der Waals surface area contributed by atoms with Gasteiger partial charge in [0.2, 0.25) is 0 Å². The lowest BCUT2D eigenvalue weighted by atomic mass is 9.86. The summed E-state index contributed by atoms with van der Waals surface area (Å²) < 4.78 is 5.24. The van der Waals surface area contributed by atoms with Crippen molar-refractivity contribution in [1.82, 2.24) is 5.32 Å². The zero-order chi connectivity index (χ0) is 13.9. The Hall–Kier alpha value is -1.07. The van der Waals surface area contributed by atoms with Crippen LogP contribution in [0.4, 0.5) is 0 Å². The highest BCUT2D eigenvalue weighted by Crippen LogP contribution is 2.24. The van der Waals surface area contributed by atoms with E-state index >= 15 is 0 Å². The average Bonchev–Trinajstić information content (AvgIpc) is 2.70. The van der Waals surface area contributed by atoms with Crippen LogP contribution in [-0.2, 0) is 9.53 Å². The van der Waals surface area contributed by atoms with E-state index in [2.05, 4.69) is 5.32 Å². The highest BCUT2D eigenvalue weighted by molar-refractivity contribution is 7.18. The van der Waals surface area contributed by atoms with Gasteiger partial charge in [-0.15, -0.1) is 11.3 Å².